The van der Waals surface area contributed by atoms with E-state index in [1.54, 1.807) is 4.90 Å². The molecule has 0 bridgehead atoms. The zero-order chi connectivity index (χ0) is 26.7. The van der Waals surface area contributed by atoms with Gasteiger partial charge in [-0.2, -0.15) is 0 Å². The van der Waals surface area contributed by atoms with E-state index in [0.29, 0.717) is 49.2 Å². The largest absolute Gasteiger partial charge is 0.394 e. The number of fused-ring (bicyclic) bond motifs is 4. The normalized spacial score (nSPS) is 15.0. The van der Waals surface area contributed by atoms with E-state index < -0.39 is 16.8 Å². The Bertz CT molecular complexity index is 1780. The molecular weight excluding hydrogens is 508 g/mol. The first-order chi connectivity index (χ1) is 18.2. The summed E-state index contributed by atoms with van der Waals surface area (Å²) >= 11 is 1.34. The summed E-state index contributed by atoms with van der Waals surface area (Å²) in [5.74, 6) is -0.585. The Labute approximate surface area is 219 Å². The first kappa shape index (κ1) is 24.0. The van der Waals surface area contributed by atoms with Gasteiger partial charge in [0.1, 0.15) is 16.2 Å². The van der Waals surface area contributed by atoms with Crippen molar-refractivity contribution in [2.75, 3.05) is 23.7 Å². The van der Waals surface area contributed by atoms with E-state index in [0.717, 1.165) is 27.1 Å². The van der Waals surface area contributed by atoms with E-state index in [9.17, 15) is 24.0 Å². The Kier molecular flexibility index (Phi) is 5.64. The van der Waals surface area contributed by atoms with Crippen LogP contribution >= 0.6 is 11.3 Å². The topological polar surface area (TPSA) is 159 Å². The van der Waals surface area contributed by atoms with Gasteiger partial charge in [-0.1, -0.05) is 18.2 Å². The molecule has 2 aliphatic rings. The molecule has 0 saturated carbocycles. The summed E-state index contributed by atoms with van der Waals surface area (Å²) in [6.07, 6.45) is 1.29. The second kappa shape index (κ2) is 8.91. The highest BCUT2D eigenvalue weighted by Gasteiger charge is 2.28. The van der Waals surface area contributed by atoms with Gasteiger partial charge in [0, 0.05) is 38.0 Å². The molecule has 0 atom stereocenters. The number of aromatic amines is 1. The van der Waals surface area contributed by atoms with Crippen LogP contribution in [0.15, 0.2) is 32.6 Å². The molecule has 12 heteroatoms. The number of amides is 2. The van der Waals surface area contributed by atoms with Crippen molar-refractivity contribution in [3.63, 3.8) is 0 Å². The molecule has 194 valence electrons. The molecule has 2 aliphatic heterocycles. The summed E-state index contributed by atoms with van der Waals surface area (Å²) in [6.45, 7) is 3.77. The number of nitrogen functional groups attached to an aromatic ring is 1. The number of nitrogens with one attached hydrogen (secondary N) is 2. The number of carbonyl (C=O) groups is 2. The van der Waals surface area contributed by atoms with E-state index in [1.165, 1.54) is 18.3 Å². The number of aromatic nitrogens is 2. The van der Waals surface area contributed by atoms with Crippen molar-refractivity contribution in [1.82, 2.24) is 20.2 Å². The van der Waals surface area contributed by atoms with Gasteiger partial charge in [-0.05, 0) is 35.1 Å². The van der Waals surface area contributed by atoms with Crippen LogP contribution in [0.4, 0.5) is 11.4 Å². The molecule has 4 N–H and O–H groups in total. The molecule has 0 radical (unpaired) electrons. The van der Waals surface area contributed by atoms with Gasteiger partial charge in [0.25, 0.3) is 22.3 Å². The van der Waals surface area contributed by atoms with Crippen molar-refractivity contribution >= 4 is 44.7 Å². The molecule has 4 aromatic rings. The fourth-order valence-electron chi connectivity index (χ4n) is 5.27. The van der Waals surface area contributed by atoms with E-state index in [1.807, 2.05) is 23.1 Å². The molecule has 2 aromatic heterocycles. The lowest BCUT2D eigenvalue weighted by Gasteiger charge is -2.32. The summed E-state index contributed by atoms with van der Waals surface area (Å²) < 4.78 is 0. The van der Waals surface area contributed by atoms with Crippen molar-refractivity contribution < 1.29 is 9.59 Å². The Morgan fingerprint density at radius 2 is 1.92 bits per heavy atom. The highest BCUT2D eigenvalue weighted by Crippen LogP contribution is 2.32. The summed E-state index contributed by atoms with van der Waals surface area (Å²) in [4.78, 5) is 73.0. The van der Waals surface area contributed by atoms with Gasteiger partial charge in [-0.25, -0.2) is 4.98 Å². The van der Waals surface area contributed by atoms with Gasteiger partial charge >= 0.3 is 0 Å². The van der Waals surface area contributed by atoms with Crippen LogP contribution in [0.3, 0.4) is 0 Å². The lowest BCUT2D eigenvalue weighted by Crippen LogP contribution is -2.44. The molecule has 2 amide bonds. The average Bonchev–Trinajstić information content (AvgIpc) is 3.29. The fourth-order valence-corrected chi connectivity index (χ4v) is 6.50. The van der Waals surface area contributed by atoms with Crippen LogP contribution in [0.1, 0.15) is 44.7 Å². The predicted octanol–water partition coefficient (Wildman–Crippen LogP) is 0.560. The Balaban J connectivity index is 1.18. The third-order valence-electron chi connectivity index (χ3n) is 7.34. The van der Waals surface area contributed by atoms with Gasteiger partial charge in [-0.3, -0.25) is 24.0 Å². The number of rotatable bonds is 4. The smallest absolute Gasteiger partial charge is 0.287 e. The summed E-state index contributed by atoms with van der Waals surface area (Å²) in [5.41, 5.74) is 8.37. The molecule has 0 fully saturated rings. The molecule has 0 saturated heterocycles. The van der Waals surface area contributed by atoms with Crippen LogP contribution in [0.2, 0.25) is 0 Å². The lowest BCUT2D eigenvalue weighted by molar-refractivity contribution is -0.129. The number of anilines is 2. The molecule has 6 rings (SSSR count). The van der Waals surface area contributed by atoms with Crippen LogP contribution < -0.4 is 32.4 Å². The number of hydrogen-bond donors (Lipinski definition) is 3. The van der Waals surface area contributed by atoms with E-state index >= 15 is 0 Å². The third-order valence-corrected chi connectivity index (χ3v) is 8.45. The quantitative estimate of drug-likeness (QED) is 0.322. The zero-order valence-corrected chi connectivity index (χ0v) is 21.4. The Hall–Kier alpha value is -4.32. The average molecular weight is 533 g/mol. The molecule has 2 aromatic carbocycles. The van der Waals surface area contributed by atoms with Gasteiger partial charge in [-0.15, -0.1) is 11.3 Å². The first-order valence-corrected chi connectivity index (χ1v) is 13.1. The van der Waals surface area contributed by atoms with Gasteiger partial charge < -0.3 is 25.8 Å². The number of nitrogens with zero attached hydrogens (tertiary/aromatic N) is 3. The Morgan fingerprint density at radius 1 is 1.11 bits per heavy atom. The highest BCUT2D eigenvalue weighted by molar-refractivity contribution is 7.18. The van der Waals surface area contributed by atoms with Crippen LogP contribution in [0, 0.1) is 0 Å². The van der Waals surface area contributed by atoms with Crippen LogP contribution in [-0.2, 0) is 37.3 Å². The number of nitrogens with two attached hydrogens (primary N) is 1. The number of hydrogen-bond acceptors (Lipinski definition) is 9. The fraction of sp³-hybridized carbons (Fsp3) is 0.308. The van der Waals surface area contributed by atoms with E-state index in [2.05, 4.69) is 15.3 Å². The zero-order valence-electron chi connectivity index (χ0n) is 20.6. The molecule has 0 unspecified atom stereocenters. The second-order valence-electron chi connectivity index (χ2n) is 9.67. The van der Waals surface area contributed by atoms with Crippen molar-refractivity contribution in [2.24, 2.45) is 0 Å². The van der Waals surface area contributed by atoms with Crippen LogP contribution in [0.5, 0.6) is 0 Å². The van der Waals surface area contributed by atoms with Crippen LogP contribution in [0.25, 0.3) is 10.2 Å². The van der Waals surface area contributed by atoms with E-state index in [-0.39, 0.29) is 35.2 Å². The maximum Gasteiger partial charge on any atom is 0.287 e. The third kappa shape index (κ3) is 3.88. The number of benzene rings is 1. The molecular formula is C26H24N6O5S. The van der Waals surface area contributed by atoms with Crippen LogP contribution in [-0.4, -0.2) is 39.8 Å². The van der Waals surface area contributed by atoms with Crippen molar-refractivity contribution in [2.45, 2.75) is 39.4 Å². The summed E-state index contributed by atoms with van der Waals surface area (Å²) in [6, 6.07) is 5.87. The molecule has 38 heavy (non-hydrogen) atoms. The van der Waals surface area contributed by atoms with Crippen molar-refractivity contribution in [1.29, 1.82) is 0 Å². The predicted molar refractivity (Wildman–Crippen MR) is 143 cm³/mol. The molecule has 4 heterocycles. The maximum atomic E-state index is 12.9. The summed E-state index contributed by atoms with van der Waals surface area (Å²) in [7, 11) is 0. The minimum Gasteiger partial charge on any atom is -0.394 e. The van der Waals surface area contributed by atoms with E-state index in [4.69, 9.17) is 5.73 Å². The van der Waals surface area contributed by atoms with Gasteiger partial charge in [0.05, 0.1) is 11.9 Å². The summed E-state index contributed by atoms with van der Waals surface area (Å²) in [5, 5.41) is 3.30. The van der Waals surface area contributed by atoms with Gasteiger partial charge in [0.15, 0.2) is 0 Å². The first-order valence-electron chi connectivity index (χ1n) is 12.2. The lowest BCUT2D eigenvalue weighted by atomic mass is 9.96. The highest BCUT2D eigenvalue weighted by atomic mass is 32.1. The maximum absolute atomic E-state index is 12.9. The van der Waals surface area contributed by atoms with Crippen molar-refractivity contribution in [3.8, 4) is 0 Å². The number of carbonyl (C=O) groups excluding carboxylic acids is 2. The minimum atomic E-state index is -0.632. The Morgan fingerprint density at radius 3 is 2.68 bits per heavy atom. The monoisotopic (exact) mass is 532 g/mol. The molecule has 11 nitrogen and oxygen atoms in total. The molecule has 0 aliphatic carbocycles. The standard InChI is InChI=1S/C26H24N6O5S/c1-12(33)31-7-5-16-17(11-31)38-26-18(16)24(36)29-23(30-26)25(37)28-9-13-2-3-14-4-6-32(10-15(14)8-13)20-19(27)21(34)22(20)35/h2-3,8H,4-7,9-11,27H2,1H3,(H,28,37)(H,29,30,36). The van der Waals surface area contributed by atoms with Crippen molar-refractivity contribution in [3.05, 3.63) is 82.0 Å². The number of H-pyrrole nitrogens is 1. The minimum absolute atomic E-state index is 0.0160. The second-order valence-corrected chi connectivity index (χ2v) is 10.8. The SMILES string of the molecule is CC(=O)N1CCc2c(sc3nc(C(=O)NCc4ccc5c(c4)CN(c4c(N)c(=O)c4=O)CC5)[nH]c(=O)c23)C1. The van der Waals surface area contributed by atoms with Gasteiger partial charge in [0.2, 0.25) is 11.7 Å². The molecule has 0 spiro atoms. The number of thiophene rings is 1.